The molecule has 29 heavy (non-hydrogen) atoms. The second-order valence-electron chi connectivity index (χ2n) is 6.06. The quantitative estimate of drug-likeness (QED) is 0.466. The van der Waals surface area contributed by atoms with Crippen molar-refractivity contribution in [2.24, 2.45) is 4.99 Å². The average molecular weight is 496 g/mol. The van der Waals surface area contributed by atoms with Crippen molar-refractivity contribution < 1.29 is 14.3 Å². The maximum atomic E-state index is 12.4. The summed E-state index contributed by atoms with van der Waals surface area (Å²) in [6, 6.07) is 10.8. The Balaban J connectivity index is 1.86. The van der Waals surface area contributed by atoms with Crippen LogP contribution in [0.3, 0.4) is 0 Å². The van der Waals surface area contributed by atoms with Crippen molar-refractivity contribution in [3.8, 4) is 11.5 Å². The molecule has 1 N–H and O–H groups in total. The van der Waals surface area contributed by atoms with Gasteiger partial charge in [-0.25, -0.2) is 4.99 Å². The van der Waals surface area contributed by atoms with Crippen molar-refractivity contribution in [2.75, 3.05) is 13.2 Å². The minimum absolute atomic E-state index is 0.195. The highest BCUT2D eigenvalue weighted by Gasteiger charge is 2.24. The highest BCUT2D eigenvalue weighted by molar-refractivity contribution is 9.10. The van der Waals surface area contributed by atoms with Crippen LogP contribution in [-0.2, 0) is 4.79 Å². The lowest BCUT2D eigenvalue weighted by atomic mass is 10.2. The van der Waals surface area contributed by atoms with E-state index >= 15 is 0 Å². The van der Waals surface area contributed by atoms with E-state index in [1.54, 1.807) is 30.3 Å². The van der Waals surface area contributed by atoms with Crippen LogP contribution in [0.5, 0.6) is 11.5 Å². The van der Waals surface area contributed by atoms with Gasteiger partial charge in [-0.05, 0) is 73.1 Å². The van der Waals surface area contributed by atoms with Gasteiger partial charge in [-0.1, -0.05) is 34.5 Å². The third kappa shape index (κ3) is 5.78. The number of ether oxygens (including phenoxy) is 2. The third-order valence-corrected chi connectivity index (χ3v) is 5.67. The molecule has 1 fully saturated rings. The molecule has 0 radical (unpaired) electrons. The van der Waals surface area contributed by atoms with Crippen molar-refractivity contribution in [3.05, 3.63) is 56.4 Å². The van der Waals surface area contributed by atoms with Crippen LogP contribution in [-0.4, -0.2) is 24.3 Å². The van der Waals surface area contributed by atoms with Gasteiger partial charge in [0, 0.05) is 9.50 Å². The summed E-state index contributed by atoms with van der Waals surface area (Å²) < 4.78 is 12.3. The van der Waals surface area contributed by atoms with E-state index in [-0.39, 0.29) is 5.91 Å². The topological polar surface area (TPSA) is 59.9 Å². The summed E-state index contributed by atoms with van der Waals surface area (Å²) in [6.07, 6.45) is 2.71. The van der Waals surface area contributed by atoms with E-state index in [4.69, 9.17) is 21.1 Å². The predicted octanol–water partition coefficient (Wildman–Crippen LogP) is 6.18. The third-order valence-electron chi connectivity index (χ3n) is 3.82. The van der Waals surface area contributed by atoms with Crippen LogP contribution >= 0.6 is 39.3 Å². The molecule has 1 heterocycles. The van der Waals surface area contributed by atoms with Gasteiger partial charge in [-0.2, -0.15) is 0 Å². The Bertz CT molecular complexity index is 961. The minimum atomic E-state index is -0.195. The van der Waals surface area contributed by atoms with Crippen LogP contribution in [0.15, 0.2) is 50.8 Å². The fourth-order valence-corrected chi connectivity index (χ4v) is 3.90. The number of thioether (sulfide) groups is 1. The number of rotatable bonds is 7. The Kier molecular flexibility index (Phi) is 7.64. The number of amides is 1. The Labute approximate surface area is 187 Å². The number of nitrogens with one attached hydrogen (secondary N) is 1. The lowest BCUT2D eigenvalue weighted by Gasteiger charge is -2.13. The molecule has 5 nitrogen and oxygen atoms in total. The summed E-state index contributed by atoms with van der Waals surface area (Å²) in [5.41, 5.74) is 1.54. The molecule has 2 aromatic rings. The van der Waals surface area contributed by atoms with Crippen molar-refractivity contribution in [1.82, 2.24) is 5.32 Å². The fourth-order valence-electron chi connectivity index (χ4n) is 2.51. The highest BCUT2D eigenvalue weighted by Crippen LogP contribution is 2.37. The summed E-state index contributed by atoms with van der Waals surface area (Å²) >= 11 is 10.7. The van der Waals surface area contributed by atoms with E-state index in [9.17, 15) is 4.79 Å². The van der Waals surface area contributed by atoms with Gasteiger partial charge in [0.2, 0.25) is 0 Å². The molecule has 0 saturated carbocycles. The highest BCUT2D eigenvalue weighted by atomic mass is 79.9. The first-order valence-corrected chi connectivity index (χ1v) is 11.1. The summed E-state index contributed by atoms with van der Waals surface area (Å²) in [4.78, 5) is 17.4. The van der Waals surface area contributed by atoms with Crippen LogP contribution in [0, 0.1) is 0 Å². The molecule has 152 valence electrons. The fraction of sp³-hybridized carbons (Fsp3) is 0.238. The summed E-state index contributed by atoms with van der Waals surface area (Å²) in [7, 11) is 0. The Hall–Kier alpha value is -1.96. The van der Waals surface area contributed by atoms with Crippen LogP contribution in [0.1, 0.15) is 25.8 Å². The standard InChI is InChI=1S/C21H20BrClN2O3S/c1-3-9-28-18-12-16(22)13(10-17(18)27-4-2)11-19-20(26)25-21(29-19)24-15-7-5-14(23)6-8-15/h5-8,10-12H,3-4,9H2,1-2H3,(H,24,25,26)/b19-11-. The smallest absolute Gasteiger partial charge is 0.264 e. The molecule has 1 amide bonds. The number of hydrogen-bond donors (Lipinski definition) is 1. The zero-order valence-electron chi connectivity index (χ0n) is 16.0. The van der Waals surface area contributed by atoms with E-state index in [1.807, 2.05) is 26.0 Å². The SMILES string of the molecule is CCCOc1cc(Br)c(/C=C2\SC(=Nc3ccc(Cl)cc3)NC2=O)cc1OCC. The van der Waals surface area contributed by atoms with E-state index in [1.165, 1.54) is 11.8 Å². The predicted molar refractivity (Wildman–Crippen MR) is 123 cm³/mol. The molecule has 0 bridgehead atoms. The van der Waals surface area contributed by atoms with Crippen LogP contribution < -0.4 is 14.8 Å². The molecule has 0 unspecified atom stereocenters. The van der Waals surface area contributed by atoms with Crippen molar-refractivity contribution >= 4 is 62.1 Å². The van der Waals surface area contributed by atoms with Gasteiger partial charge >= 0.3 is 0 Å². The molecule has 1 saturated heterocycles. The van der Waals surface area contributed by atoms with Crippen LogP contribution in [0.4, 0.5) is 5.69 Å². The van der Waals surface area contributed by atoms with Crippen molar-refractivity contribution in [2.45, 2.75) is 20.3 Å². The van der Waals surface area contributed by atoms with Gasteiger partial charge in [-0.15, -0.1) is 0 Å². The molecule has 0 aromatic heterocycles. The number of carbonyl (C=O) groups excluding carboxylic acids is 1. The maximum absolute atomic E-state index is 12.4. The van der Waals surface area contributed by atoms with Crippen molar-refractivity contribution in [3.63, 3.8) is 0 Å². The van der Waals surface area contributed by atoms with E-state index in [0.717, 1.165) is 22.1 Å². The molecule has 0 atom stereocenters. The molecule has 2 aromatic carbocycles. The second kappa shape index (κ2) is 10.2. The zero-order valence-corrected chi connectivity index (χ0v) is 19.2. The first-order chi connectivity index (χ1) is 14.0. The largest absolute Gasteiger partial charge is 0.490 e. The Morgan fingerprint density at radius 1 is 1.17 bits per heavy atom. The van der Waals surface area contributed by atoms with Gasteiger partial charge in [0.05, 0.1) is 23.8 Å². The van der Waals surface area contributed by atoms with Gasteiger partial charge in [0.15, 0.2) is 16.7 Å². The van der Waals surface area contributed by atoms with Crippen LogP contribution in [0.25, 0.3) is 6.08 Å². The lowest BCUT2D eigenvalue weighted by Crippen LogP contribution is -2.19. The Morgan fingerprint density at radius 2 is 1.90 bits per heavy atom. The molecule has 0 spiro atoms. The summed E-state index contributed by atoms with van der Waals surface area (Å²) in [5, 5.41) is 3.95. The van der Waals surface area contributed by atoms with Gasteiger partial charge < -0.3 is 14.8 Å². The number of halogens is 2. The molecule has 0 aliphatic carbocycles. The van der Waals surface area contributed by atoms with E-state index < -0.39 is 0 Å². The van der Waals surface area contributed by atoms with Gasteiger partial charge in [0.1, 0.15) is 0 Å². The monoisotopic (exact) mass is 494 g/mol. The molecule has 1 aliphatic rings. The van der Waals surface area contributed by atoms with Crippen molar-refractivity contribution in [1.29, 1.82) is 0 Å². The van der Waals surface area contributed by atoms with Gasteiger partial charge in [0.25, 0.3) is 5.91 Å². The first kappa shape index (κ1) is 21.7. The van der Waals surface area contributed by atoms with E-state index in [0.29, 0.717) is 39.8 Å². The molecular weight excluding hydrogens is 476 g/mol. The molecule has 8 heteroatoms. The number of aliphatic imine (C=N–C) groups is 1. The number of amidine groups is 1. The zero-order chi connectivity index (χ0) is 20.8. The average Bonchev–Trinajstić information content (AvgIpc) is 3.04. The minimum Gasteiger partial charge on any atom is -0.490 e. The maximum Gasteiger partial charge on any atom is 0.264 e. The molecular formula is C21H20BrClN2O3S. The first-order valence-electron chi connectivity index (χ1n) is 9.14. The number of hydrogen-bond acceptors (Lipinski definition) is 5. The number of nitrogens with zero attached hydrogens (tertiary/aromatic N) is 1. The summed E-state index contributed by atoms with van der Waals surface area (Å²) in [6.45, 7) is 5.10. The summed E-state index contributed by atoms with van der Waals surface area (Å²) in [5.74, 6) is 1.13. The second-order valence-corrected chi connectivity index (χ2v) is 8.38. The van der Waals surface area contributed by atoms with Crippen LogP contribution in [0.2, 0.25) is 5.02 Å². The lowest BCUT2D eigenvalue weighted by molar-refractivity contribution is -0.115. The molecule has 3 rings (SSSR count). The number of benzene rings is 2. The normalized spacial score (nSPS) is 16.3. The number of carbonyl (C=O) groups is 1. The van der Waals surface area contributed by atoms with E-state index in [2.05, 4.69) is 26.2 Å². The Morgan fingerprint density at radius 3 is 2.59 bits per heavy atom. The van der Waals surface area contributed by atoms with Gasteiger partial charge in [-0.3, -0.25) is 4.79 Å². The molecule has 1 aliphatic heterocycles.